The van der Waals surface area contributed by atoms with Crippen LogP contribution in [-0.4, -0.2) is 12.7 Å². The normalized spacial score (nSPS) is 14.6. The maximum Gasteiger partial charge on any atom is 0.380 e. The highest BCUT2D eigenvalue weighted by Crippen LogP contribution is 2.52. The van der Waals surface area contributed by atoms with Crippen LogP contribution in [0.25, 0.3) is 0 Å². The van der Waals surface area contributed by atoms with Crippen molar-refractivity contribution in [3.05, 3.63) is 27.7 Å². The van der Waals surface area contributed by atoms with E-state index in [0.717, 1.165) is 4.47 Å². The first-order chi connectivity index (χ1) is 8.36. The Kier molecular flexibility index (Phi) is 6.59. The SMILES string of the molecule is CCOP(=S)(Oc1ccc(Br)cc1Cl)OC(C)C. The van der Waals surface area contributed by atoms with Crippen molar-refractivity contribution in [2.24, 2.45) is 0 Å². The molecular weight excluding hydrogens is 359 g/mol. The molecule has 1 unspecified atom stereocenters. The first kappa shape index (κ1) is 16.4. The number of hydrogen-bond donors (Lipinski definition) is 0. The molecule has 0 aliphatic rings. The molecule has 102 valence electrons. The van der Waals surface area contributed by atoms with E-state index in [1.807, 2.05) is 26.8 Å². The Morgan fingerprint density at radius 3 is 2.61 bits per heavy atom. The molecule has 18 heavy (non-hydrogen) atoms. The number of benzene rings is 1. The van der Waals surface area contributed by atoms with Gasteiger partial charge in [-0.3, -0.25) is 9.05 Å². The van der Waals surface area contributed by atoms with E-state index >= 15 is 0 Å². The fraction of sp³-hybridized carbons (Fsp3) is 0.455. The zero-order chi connectivity index (χ0) is 13.8. The van der Waals surface area contributed by atoms with E-state index in [9.17, 15) is 0 Å². The summed E-state index contributed by atoms with van der Waals surface area (Å²) in [5, 5.41) is 0.464. The maximum atomic E-state index is 6.08. The van der Waals surface area contributed by atoms with E-state index in [4.69, 9.17) is 37.0 Å². The van der Waals surface area contributed by atoms with Gasteiger partial charge in [0.25, 0.3) is 0 Å². The second kappa shape index (κ2) is 7.22. The highest BCUT2D eigenvalue weighted by atomic mass is 79.9. The topological polar surface area (TPSA) is 27.7 Å². The van der Waals surface area contributed by atoms with Gasteiger partial charge in [-0.1, -0.05) is 27.5 Å². The lowest BCUT2D eigenvalue weighted by atomic mass is 10.3. The van der Waals surface area contributed by atoms with E-state index in [1.54, 1.807) is 12.1 Å². The fourth-order valence-corrected chi connectivity index (χ4v) is 4.39. The molecule has 0 N–H and O–H groups in total. The van der Waals surface area contributed by atoms with Crippen LogP contribution in [0.1, 0.15) is 20.8 Å². The van der Waals surface area contributed by atoms with Crippen LogP contribution in [-0.2, 0) is 20.9 Å². The number of rotatable bonds is 6. The van der Waals surface area contributed by atoms with Gasteiger partial charge in [0.1, 0.15) is 5.75 Å². The molecule has 0 aliphatic carbocycles. The van der Waals surface area contributed by atoms with Gasteiger partial charge in [0.05, 0.1) is 17.7 Å². The van der Waals surface area contributed by atoms with Gasteiger partial charge < -0.3 is 4.52 Å². The number of hydrogen-bond acceptors (Lipinski definition) is 4. The summed E-state index contributed by atoms with van der Waals surface area (Å²) in [5.41, 5.74) is 0. The Bertz CT molecular complexity index is 456. The zero-order valence-corrected chi connectivity index (χ0v) is 14.4. The molecule has 0 aromatic heterocycles. The van der Waals surface area contributed by atoms with Gasteiger partial charge in [0.15, 0.2) is 0 Å². The smallest absolute Gasteiger partial charge is 0.380 e. The van der Waals surface area contributed by atoms with Crippen molar-refractivity contribution in [2.45, 2.75) is 26.9 Å². The molecule has 0 bridgehead atoms. The Balaban J connectivity index is 2.92. The molecule has 7 heteroatoms. The average molecular weight is 374 g/mol. The van der Waals surface area contributed by atoms with Crippen molar-refractivity contribution in [1.82, 2.24) is 0 Å². The summed E-state index contributed by atoms with van der Waals surface area (Å²) in [5.74, 6) is 0.470. The average Bonchev–Trinajstić information content (AvgIpc) is 2.21. The van der Waals surface area contributed by atoms with Crippen LogP contribution < -0.4 is 4.52 Å². The lowest BCUT2D eigenvalue weighted by Crippen LogP contribution is -2.07. The lowest BCUT2D eigenvalue weighted by molar-refractivity contribution is 0.171. The van der Waals surface area contributed by atoms with Crippen molar-refractivity contribution in [3.63, 3.8) is 0 Å². The Hall–Kier alpha value is 0.360. The Morgan fingerprint density at radius 1 is 1.44 bits per heavy atom. The van der Waals surface area contributed by atoms with E-state index in [0.29, 0.717) is 17.4 Å². The molecule has 1 atom stereocenters. The highest BCUT2D eigenvalue weighted by Gasteiger charge is 2.24. The fourth-order valence-electron chi connectivity index (χ4n) is 1.16. The molecule has 0 heterocycles. The van der Waals surface area contributed by atoms with Gasteiger partial charge in [-0.25, -0.2) is 0 Å². The van der Waals surface area contributed by atoms with Crippen LogP contribution >= 0.6 is 34.2 Å². The van der Waals surface area contributed by atoms with Gasteiger partial charge >= 0.3 is 6.72 Å². The summed E-state index contributed by atoms with van der Waals surface area (Å²) < 4.78 is 17.6. The standard InChI is InChI=1S/C11H15BrClO3PS/c1-4-14-17(18,15-8(2)3)16-11-6-5-9(12)7-10(11)13/h5-8H,4H2,1-3H3. The monoisotopic (exact) mass is 372 g/mol. The molecule has 0 amide bonds. The third-order valence-electron chi connectivity index (χ3n) is 1.73. The minimum absolute atomic E-state index is 0.0726. The second-order valence-corrected chi connectivity index (χ2v) is 7.90. The van der Waals surface area contributed by atoms with Crippen LogP contribution in [0.4, 0.5) is 0 Å². The summed E-state index contributed by atoms with van der Waals surface area (Å²) in [7, 11) is 0. The van der Waals surface area contributed by atoms with Crippen molar-refractivity contribution in [1.29, 1.82) is 0 Å². The molecule has 1 rings (SSSR count). The second-order valence-electron chi connectivity index (χ2n) is 3.69. The van der Waals surface area contributed by atoms with Crippen molar-refractivity contribution >= 4 is 46.1 Å². The molecule has 0 spiro atoms. The first-order valence-electron chi connectivity index (χ1n) is 5.44. The van der Waals surface area contributed by atoms with Gasteiger partial charge in [0.2, 0.25) is 0 Å². The van der Waals surface area contributed by atoms with E-state index in [1.165, 1.54) is 0 Å². The van der Waals surface area contributed by atoms with Crippen LogP contribution in [0, 0.1) is 0 Å². The molecular formula is C11H15BrClO3PS. The quantitative estimate of drug-likeness (QED) is 0.643. The van der Waals surface area contributed by atoms with Crippen LogP contribution in [0.3, 0.4) is 0 Å². The predicted molar refractivity (Wildman–Crippen MR) is 81.9 cm³/mol. The lowest BCUT2D eigenvalue weighted by Gasteiger charge is -2.24. The zero-order valence-electron chi connectivity index (χ0n) is 10.4. The van der Waals surface area contributed by atoms with Gasteiger partial charge in [-0.05, 0) is 39.0 Å². The first-order valence-corrected chi connectivity index (χ1v) is 9.16. The van der Waals surface area contributed by atoms with Crippen molar-refractivity contribution in [3.8, 4) is 5.75 Å². The molecule has 0 fully saturated rings. The van der Waals surface area contributed by atoms with E-state index in [-0.39, 0.29) is 6.10 Å². The van der Waals surface area contributed by atoms with Crippen LogP contribution in [0.15, 0.2) is 22.7 Å². The molecule has 0 saturated carbocycles. The summed E-state index contributed by atoms with van der Waals surface area (Å²) in [4.78, 5) is 0. The molecule has 3 nitrogen and oxygen atoms in total. The molecule has 1 aromatic carbocycles. The molecule has 0 aliphatic heterocycles. The number of halogens is 2. The minimum atomic E-state index is -2.81. The molecule has 0 saturated heterocycles. The third-order valence-corrected chi connectivity index (χ3v) is 4.99. The van der Waals surface area contributed by atoms with Crippen LogP contribution in [0.2, 0.25) is 5.02 Å². The summed E-state index contributed by atoms with van der Waals surface area (Å²) in [6, 6.07) is 5.29. The minimum Gasteiger partial charge on any atom is -0.423 e. The Morgan fingerprint density at radius 2 is 2.11 bits per heavy atom. The van der Waals surface area contributed by atoms with E-state index in [2.05, 4.69) is 15.9 Å². The molecule has 1 aromatic rings. The van der Waals surface area contributed by atoms with Crippen molar-refractivity contribution in [2.75, 3.05) is 6.61 Å². The van der Waals surface area contributed by atoms with E-state index < -0.39 is 6.72 Å². The maximum absolute atomic E-state index is 6.08. The summed E-state index contributed by atoms with van der Waals surface area (Å²) >= 11 is 14.7. The predicted octanol–water partition coefficient (Wildman–Crippen LogP) is 5.17. The van der Waals surface area contributed by atoms with Gasteiger partial charge in [-0.15, -0.1) is 0 Å². The van der Waals surface area contributed by atoms with Gasteiger partial charge in [0, 0.05) is 16.3 Å². The highest BCUT2D eigenvalue weighted by molar-refractivity contribution is 9.10. The molecule has 0 radical (unpaired) electrons. The van der Waals surface area contributed by atoms with Gasteiger partial charge in [-0.2, -0.15) is 0 Å². The summed E-state index contributed by atoms with van der Waals surface area (Å²) in [6.45, 7) is 3.23. The van der Waals surface area contributed by atoms with Crippen molar-refractivity contribution < 1.29 is 13.6 Å². The Labute approximate surface area is 126 Å². The third kappa shape index (κ3) is 5.16. The summed E-state index contributed by atoms with van der Waals surface area (Å²) in [6.07, 6.45) is -0.0726. The van der Waals surface area contributed by atoms with Crippen LogP contribution in [0.5, 0.6) is 5.75 Å². The largest absolute Gasteiger partial charge is 0.423 e.